The normalized spacial score (nSPS) is 11.4. The molecule has 0 amide bonds. The van der Waals surface area contributed by atoms with E-state index in [0.29, 0.717) is 12.2 Å². The van der Waals surface area contributed by atoms with Crippen LogP contribution in [0.1, 0.15) is 44.7 Å². The maximum atomic E-state index is 5.88. The molecule has 0 saturated heterocycles. The molecule has 8 heteroatoms. The SMILES string of the molecule is CCCCNc1nc(N)nc2ncn(Cc3ccc(CN(CC)CC)cc3OC)c12. The first kappa shape index (κ1) is 21.8. The molecule has 3 N–H and O–H groups in total. The number of anilines is 2. The van der Waals surface area contributed by atoms with Gasteiger partial charge in [0.1, 0.15) is 11.3 Å². The average Bonchev–Trinajstić information content (AvgIpc) is 3.15. The zero-order chi connectivity index (χ0) is 21.5. The van der Waals surface area contributed by atoms with E-state index < -0.39 is 0 Å². The second kappa shape index (κ2) is 10.2. The number of fused-ring (bicyclic) bond motifs is 1. The highest BCUT2D eigenvalue weighted by atomic mass is 16.5. The molecule has 0 aliphatic carbocycles. The molecular formula is C22H33N7O. The summed E-state index contributed by atoms with van der Waals surface area (Å²) in [5.74, 6) is 1.82. The van der Waals surface area contributed by atoms with Crippen molar-refractivity contribution in [3.8, 4) is 5.75 Å². The second-order valence-electron chi connectivity index (χ2n) is 7.36. The van der Waals surface area contributed by atoms with Crippen LogP contribution >= 0.6 is 0 Å². The lowest BCUT2D eigenvalue weighted by Gasteiger charge is -2.19. The number of ether oxygens (including phenoxy) is 1. The molecule has 0 spiro atoms. The highest BCUT2D eigenvalue weighted by Gasteiger charge is 2.15. The summed E-state index contributed by atoms with van der Waals surface area (Å²) < 4.78 is 7.75. The number of imidazole rings is 1. The number of hydrogen-bond acceptors (Lipinski definition) is 7. The van der Waals surface area contributed by atoms with E-state index in [1.165, 1.54) is 5.56 Å². The summed E-state index contributed by atoms with van der Waals surface area (Å²) in [5, 5.41) is 3.39. The highest BCUT2D eigenvalue weighted by Crippen LogP contribution is 2.26. The topological polar surface area (TPSA) is 94.1 Å². The molecule has 3 rings (SSSR count). The van der Waals surface area contributed by atoms with Crippen LogP contribution in [-0.2, 0) is 13.1 Å². The van der Waals surface area contributed by atoms with Crippen LogP contribution in [0.15, 0.2) is 24.5 Å². The Morgan fingerprint density at radius 3 is 2.67 bits per heavy atom. The van der Waals surface area contributed by atoms with E-state index in [9.17, 15) is 0 Å². The number of unbranched alkanes of at least 4 members (excludes halogenated alkanes) is 1. The molecule has 0 bridgehead atoms. The third kappa shape index (κ3) is 4.99. The Kier molecular flexibility index (Phi) is 7.46. The molecule has 0 aliphatic rings. The van der Waals surface area contributed by atoms with Crippen molar-refractivity contribution in [1.29, 1.82) is 0 Å². The molecule has 0 fully saturated rings. The number of aromatic nitrogens is 4. The van der Waals surface area contributed by atoms with E-state index in [4.69, 9.17) is 10.5 Å². The lowest BCUT2D eigenvalue weighted by molar-refractivity contribution is 0.295. The van der Waals surface area contributed by atoms with Crippen LogP contribution in [0, 0.1) is 0 Å². The van der Waals surface area contributed by atoms with E-state index in [-0.39, 0.29) is 5.95 Å². The molecule has 2 heterocycles. The van der Waals surface area contributed by atoms with Crippen molar-refractivity contribution in [1.82, 2.24) is 24.4 Å². The number of nitrogen functional groups attached to an aromatic ring is 1. The first-order chi connectivity index (χ1) is 14.6. The summed E-state index contributed by atoms with van der Waals surface area (Å²) in [6, 6.07) is 6.43. The van der Waals surface area contributed by atoms with E-state index >= 15 is 0 Å². The molecule has 0 atom stereocenters. The van der Waals surface area contributed by atoms with Gasteiger partial charge >= 0.3 is 0 Å². The lowest BCUT2D eigenvalue weighted by atomic mass is 10.1. The van der Waals surface area contributed by atoms with E-state index in [1.807, 2.05) is 4.57 Å². The summed E-state index contributed by atoms with van der Waals surface area (Å²) in [7, 11) is 1.72. The minimum atomic E-state index is 0.227. The van der Waals surface area contributed by atoms with Gasteiger partial charge in [0, 0.05) is 18.7 Å². The van der Waals surface area contributed by atoms with Crippen molar-refractivity contribution in [2.45, 2.75) is 46.7 Å². The first-order valence-corrected chi connectivity index (χ1v) is 10.7. The van der Waals surface area contributed by atoms with Crippen molar-refractivity contribution < 1.29 is 4.74 Å². The monoisotopic (exact) mass is 411 g/mol. The van der Waals surface area contributed by atoms with Gasteiger partial charge in [-0.1, -0.05) is 39.3 Å². The Bertz CT molecular complexity index is 966. The van der Waals surface area contributed by atoms with Crippen molar-refractivity contribution in [3.63, 3.8) is 0 Å². The predicted molar refractivity (Wildman–Crippen MR) is 122 cm³/mol. The van der Waals surface area contributed by atoms with Crippen LogP contribution in [0.3, 0.4) is 0 Å². The zero-order valence-corrected chi connectivity index (χ0v) is 18.5. The van der Waals surface area contributed by atoms with Crippen LogP contribution < -0.4 is 15.8 Å². The molecule has 2 aromatic heterocycles. The summed E-state index contributed by atoms with van der Waals surface area (Å²) in [4.78, 5) is 15.5. The van der Waals surface area contributed by atoms with E-state index in [1.54, 1.807) is 13.4 Å². The fourth-order valence-corrected chi connectivity index (χ4v) is 3.53. The number of rotatable bonds is 11. The van der Waals surface area contributed by atoms with Crippen LogP contribution in [0.2, 0.25) is 0 Å². The molecule has 30 heavy (non-hydrogen) atoms. The van der Waals surface area contributed by atoms with Gasteiger partial charge in [0.05, 0.1) is 20.0 Å². The van der Waals surface area contributed by atoms with Gasteiger partial charge in [-0.25, -0.2) is 4.98 Å². The number of nitrogens with two attached hydrogens (primary N) is 1. The number of nitrogens with zero attached hydrogens (tertiary/aromatic N) is 5. The molecule has 0 radical (unpaired) electrons. The molecule has 0 unspecified atom stereocenters. The number of hydrogen-bond donors (Lipinski definition) is 2. The quantitative estimate of drug-likeness (QED) is 0.466. The number of methoxy groups -OCH3 is 1. The van der Waals surface area contributed by atoms with Gasteiger partial charge in [0.25, 0.3) is 0 Å². The minimum Gasteiger partial charge on any atom is -0.496 e. The standard InChI is InChI=1S/C22H33N7O/c1-5-8-11-24-20-19-21(27-22(23)26-20)25-15-29(19)14-17-10-9-16(12-18(17)30-4)13-28(6-2)7-3/h9-10,12,15H,5-8,11,13-14H2,1-4H3,(H3,23,24,26,27). The summed E-state index contributed by atoms with van der Waals surface area (Å²) in [5.41, 5.74) is 9.66. The molecule has 0 saturated carbocycles. The molecule has 3 aromatic rings. The molecule has 8 nitrogen and oxygen atoms in total. The molecule has 162 valence electrons. The Morgan fingerprint density at radius 1 is 1.17 bits per heavy atom. The second-order valence-corrected chi connectivity index (χ2v) is 7.36. The maximum Gasteiger partial charge on any atom is 0.224 e. The van der Waals surface area contributed by atoms with Crippen LogP contribution in [0.25, 0.3) is 11.2 Å². The molecular weight excluding hydrogens is 378 g/mol. The molecule has 1 aromatic carbocycles. The van der Waals surface area contributed by atoms with Gasteiger partial charge in [-0.3, -0.25) is 4.90 Å². The predicted octanol–water partition coefficient (Wildman–Crippen LogP) is 3.52. The summed E-state index contributed by atoms with van der Waals surface area (Å²) in [6.45, 7) is 10.9. The third-order valence-corrected chi connectivity index (χ3v) is 5.31. The van der Waals surface area contributed by atoms with Gasteiger partial charge in [0.2, 0.25) is 5.95 Å². The van der Waals surface area contributed by atoms with Crippen LogP contribution in [0.5, 0.6) is 5.75 Å². The first-order valence-electron chi connectivity index (χ1n) is 10.7. The Balaban J connectivity index is 1.90. The summed E-state index contributed by atoms with van der Waals surface area (Å²) >= 11 is 0. The zero-order valence-electron chi connectivity index (χ0n) is 18.5. The summed E-state index contributed by atoms with van der Waals surface area (Å²) in [6.07, 6.45) is 3.95. The fourth-order valence-electron chi connectivity index (χ4n) is 3.53. The smallest absolute Gasteiger partial charge is 0.224 e. The van der Waals surface area contributed by atoms with E-state index in [0.717, 1.165) is 61.7 Å². The van der Waals surface area contributed by atoms with Crippen molar-refractivity contribution >= 4 is 22.9 Å². The van der Waals surface area contributed by atoms with Gasteiger partial charge < -0.3 is 20.4 Å². The maximum absolute atomic E-state index is 5.88. The largest absolute Gasteiger partial charge is 0.496 e. The van der Waals surface area contributed by atoms with Crippen LogP contribution in [0.4, 0.5) is 11.8 Å². The van der Waals surface area contributed by atoms with Crippen molar-refractivity contribution in [2.24, 2.45) is 0 Å². The Labute approximate surface area is 178 Å². The Morgan fingerprint density at radius 2 is 1.97 bits per heavy atom. The highest BCUT2D eigenvalue weighted by molar-refractivity contribution is 5.84. The average molecular weight is 412 g/mol. The van der Waals surface area contributed by atoms with Gasteiger partial charge in [0.15, 0.2) is 11.5 Å². The van der Waals surface area contributed by atoms with Crippen molar-refractivity contribution in [3.05, 3.63) is 35.7 Å². The lowest BCUT2D eigenvalue weighted by Crippen LogP contribution is -2.22. The molecule has 0 aliphatic heterocycles. The van der Waals surface area contributed by atoms with Gasteiger partial charge in [-0.2, -0.15) is 9.97 Å². The Hall–Kier alpha value is -2.87. The number of benzene rings is 1. The van der Waals surface area contributed by atoms with Crippen LogP contribution in [-0.4, -0.2) is 51.2 Å². The van der Waals surface area contributed by atoms with E-state index in [2.05, 4.69) is 64.1 Å². The third-order valence-electron chi connectivity index (χ3n) is 5.31. The number of nitrogens with one attached hydrogen (secondary N) is 1. The van der Waals surface area contributed by atoms with Crippen molar-refractivity contribution in [2.75, 3.05) is 37.8 Å². The van der Waals surface area contributed by atoms with Gasteiger partial charge in [-0.15, -0.1) is 0 Å². The van der Waals surface area contributed by atoms with Gasteiger partial charge in [-0.05, 0) is 31.1 Å². The fraction of sp³-hybridized carbons (Fsp3) is 0.500. The minimum absolute atomic E-state index is 0.227.